The van der Waals surface area contributed by atoms with Crippen molar-refractivity contribution in [3.8, 4) is 11.5 Å². The molecule has 0 aliphatic carbocycles. The van der Waals surface area contributed by atoms with E-state index >= 15 is 0 Å². The molecule has 0 fully saturated rings. The van der Waals surface area contributed by atoms with Gasteiger partial charge in [-0.05, 0) is 42.3 Å². The van der Waals surface area contributed by atoms with E-state index in [-0.39, 0.29) is 30.3 Å². The van der Waals surface area contributed by atoms with Crippen LogP contribution in [0.3, 0.4) is 0 Å². The van der Waals surface area contributed by atoms with Gasteiger partial charge in [0.1, 0.15) is 16.9 Å². The number of methoxy groups -OCH3 is 1. The molecule has 6 nitrogen and oxygen atoms in total. The Bertz CT molecular complexity index is 1130. The fourth-order valence-corrected chi connectivity index (χ4v) is 5.66. The predicted molar refractivity (Wildman–Crippen MR) is 147 cm³/mol. The van der Waals surface area contributed by atoms with E-state index in [1.54, 1.807) is 25.8 Å². The van der Waals surface area contributed by atoms with Crippen LogP contribution in [0.15, 0.2) is 77.7 Å². The van der Waals surface area contributed by atoms with Gasteiger partial charge >= 0.3 is 0 Å². The summed E-state index contributed by atoms with van der Waals surface area (Å²) in [6.45, 7) is 4.47. The summed E-state index contributed by atoms with van der Waals surface area (Å²) in [7, 11) is 1.64. The van der Waals surface area contributed by atoms with Crippen molar-refractivity contribution >= 4 is 35.8 Å². The van der Waals surface area contributed by atoms with Crippen molar-refractivity contribution in [2.75, 3.05) is 38.3 Å². The van der Waals surface area contributed by atoms with Crippen LogP contribution in [0.25, 0.3) is 0 Å². The number of nitrogens with zero attached hydrogens (tertiary/aromatic N) is 2. The molecule has 8 heteroatoms. The molecule has 0 saturated heterocycles. The number of fused-ring (bicyclic) bond motifs is 1. The number of hydrogen-bond donors (Lipinski definition) is 1. The predicted octanol–water partition coefficient (Wildman–Crippen LogP) is 5.54. The van der Waals surface area contributed by atoms with Gasteiger partial charge in [0.25, 0.3) is 0 Å². The number of rotatable bonds is 11. The third kappa shape index (κ3) is 6.73. The normalized spacial score (nSPS) is 14.3. The third-order valence-corrected chi connectivity index (χ3v) is 7.25. The number of benzene rings is 3. The zero-order valence-corrected chi connectivity index (χ0v) is 22.3. The smallest absolute Gasteiger partial charge is 0.225 e. The van der Waals surface area contributed by atoms with Crippen LogP contribution in [-0.4, -0.2) is 49.3 Å². The number of thioether (sulfide) groups is 1. The molecule has 1 unspecified atom stereocenters. The third-order valence-electron chi connectivity index (χ3n) is 5.96. The number of anilines is 1. The fourth-order valence-electron chi connectivity index (χ4n) is 4.29. The Balaban J connectivity index is 0.00000361. The van der Waals surface area contributed by atoms with Crippen LogP contribution in [0.5, 0.6) is 11.5 Å². The van der Waals surface area contributed by atoms with Crippen molar-refractivity contribution in [3.05, 3.63) is 83.9 Å². The van der Waals surface area contributed by atoms with Crippen molar-refractivity contribution in [2.45, 2.75) is 30.2 Å². The van der Waals surface area contributed by atoms with Crippen molar-refractivity contribution in [1.29, 1.82) is 0 Å². The number of amides is 1. The Kier molecular flexibility index (Phi) is 10.5. The molecule has 0 radical (unpaired) electrons. The van der Waals surface area contributed by atoms with E-state index in [1.165, 1.54) is 5.56 Å². The van der Waals surface area contributed by atoms with E-state index < -0.39 is 0 Å². The topological polar surface area (TPSA) is 62.2 Å². The lowest BCUT2D eigenvalue weighted by molar-refractivity contribution is -0.116. The van der Waals surface area contributed by atoms with Gasteiger partial charge in [-0.2, -0.15) is 0 Å². The van der Waals surface area contributed by atoms with Crippen molar-refractivity contribution in [2.24, 2.45) is 0 Å². The second kappa shape index (κ2) is 13.6. The Morgan fingerprint density at radius 1 is 1.06 bits per heavy atom. The maximum atomic E-state index is 12.6. The second-order valence-corrected chi connectivity index (χ2v) is 9.54. The lowest BCUT2D eigenvalue weighted by Crippen LogP contribution is -2.29. The number of ether oxygens (including phenoxy) is 2. The van der Waals surface area contributed by atoms with Gasteiger partial charge in [0, 0.05) is 37.0 Å². The lowest BCUT2D eigenvalue weighted by Gasteiger charge is -2.26. The molecule has 36 heavy (non-hydrogen) atoms. The number of para-hydroxylation sites is 1. The van der Waals surface area contributed by atoms with Gasteiger partial charge < -0.3 is 14.6 Å². The molecule has 1 aliphatic rings. The quantitative estimate of drug-likeness (QED) is 0.330. The molecule has 3 aromatic carbocycles. The molecular formula is C28H33ClN2O4S. The average molecular weight is 529 g/mol. The highest BCUT2D eigenvalue weighted by molar-refractivity contribution is 8.00. The molecule has 1 atom stereocenters. The SMILES string of the molecule is COc1ccc(OCCCN(CCO)Cc2ccccc2)c(C2Sc3ccccc3N2C(C)=O)c1.Cl. The van der Waals surface area contributed by atoms with Crippen molar-refractivity contribution in [1.82, 2.24) is 4.90 Å². The number of hydrogen-bond acceptors (Lipinski definition) is 6. The minimum atomic E-state index is -0.223. The summed E-state index contributed by atoms with van der Waals surface area (Å²) in [5, 5.41) is 9.26. The Labute approximate surface area is 223 Å². The first kappa shape index (κ1) is 27.9. The van der Waals surface area contributed by atoms with E-state index in [0.717, 1.165) is 47.2 Å². The molecule has 0 bridgehead atoms. The molecule has 4 rings (SSSR count). The van der Waals surface area contributed by atoms with Gasteiger partial charge in [-0.3, -0.25) is 14.6 Å². The van der Waals surface area contributed by atoms with Gasteiger partial charge in [0.2, 0.25) is 5.91 Å². The minimum Gasteiger partial charge on any atom is -0.497 e. The summed E-state index contributed by atoms with van der Waals surface area (Å²) < 4.78 is 11.7. The van der Waals surface area contributed by atoms with Gasteiger partial charge in [0.05, 0.1) is 26.0 Å². The average Bonchev–Trinajstić information content (AvgIpc) is 3.27. The van der Waals surface area contributed by atoms with Crippen LogP contribution < -0.4 is 14.4 Å². The summed E-state index contributed by atoms with van der Waals surface area (Å²) in [6, 6.07) is 24.0. The van der Waals surface area contributed by atoms with E-state index in [9.17, 15) is 9.90 Å². The number of halogens is 1. The van der Waals surface area contributed by atoms with Crippen molar-refractivity contribution in [3.63, 3.8) is 0 Å². The Morgan fingerprint density at radius 3 is 2.53 bits per heavy atom. The zero-order valence-electron chi connectivity index (χ0n) is 20.6. The van der Waals surface area contributed by atoms with Crippen LogP contribution in [-0.2, 0) is 11.3 Å². The summed E-state index contributed by atoms with van der Waals surface area (Å²) >= 11 is 1.64. The summed E-state index contributed by atoms with van der Waals surface area (Å²) in [4.78, 5) is 17.7. The van der Waals surface area contributed by atoms with Crippen LogP contribution >= 0.6 is 24.2 Å². The highest BCUT2D eigenvalue weighted by atomic mass is 35.5. The van der Waals surface area contributed by atoms with E-state index in [1.807, 2.05) is 65.6 Å². The largest absolute Gasteiger partial charge is 0.497 e. The van der Waals surface area contributed by atoms with Crippen LogP contribution in [0.4, 0.5) is 5.69 Å². The molecule has 0 aromatic heterocycles. The summed E-state index contributed by atoms with van der Waals surface area (Å²) in [5.74, 6) is 1.46. The van der Waals surface area contributed by atoms with Gasteiger partial charge in [-0.25, -0.2) is 0 Å². The highest BCUT2D eigenvalue weighted by Gasteiger charge is 2.35. The number of aliphatic hydroxyl groups excluding tert-OH is 1. The first-order chi connectivity index (χ1) is 17.1. The number of carbonyl (C=O) groups is 1. The van der Waals surface area contributed by atoms with Crippen LogP contribution in [0, 0.1) is 0 Å². The summed E-state index contributed by atoms with van der Waals surface area (Å²) in [6.07, 6.45) is 0.812. The van der Waals surface area contributed by atoms with Crippen molar-refractivity contribution < 1.29 is 19.4 Å². The maximum absolute atomic E-state index is 12.6. The molecule has 192 valence electrons. The van der Waals surface area contributed by atoms with E-state index in [2.05, 4.69) is 17.0 Å². The molecule has 0 spiro atoms. The number of aliphatic hydroxyl groups is 1. The van der Waals surface area contributed by atoms with Gasteiger partial charge in [-0.15, -0.1) is 12.4 Å². The first-order valence-electron chi connectivity index (χ1n) is 11.8. The Morgan fingerprint density at radius 2 is 1.81 bits per heavy atom. The molecule has 0 saturated carbocycles. The van der Waals surface area contributed by atoms with Gasteiger partial charge in [0.15, 0.2) is 0 Å². The monoisotopic (exact) mass is 528 g/mol. The summed E-state index contributed by atoms with van der Waals surface area (Å²) in [5.41, 5.74) is 3.06. The highest BCUT2D eigenvalue weighted by Crippen LogP contribution is 2.53. The molecule has 1 amide bonds. The van der Waals surface area contributed by atoms with Crippen LogP contribution in [0.2, 0.25) is 0 Å². The lowest BCUT2D eigenvalue weighted by atomic mass is 10.1. The first-order valence-corrected chi connectivity index (χ1v) is 12.7. The van der Waals surface area contributed by atoms with E-state index in [4.69, 9.17) is 9.47 Å². The maximum Gasteiger partial charge on any atom is 0.225 e. The van der Waals surface area contributed by atoms with Crippen LogP contribution in [0.1, 0.15) is 29.8 Å². The molecule has 1 heterocycles. The van der Waals surface area contributed by atoms with Gasteiger partial charge in [-0.1, -0.05) is 54.2 Å². The second-order valence-electron chi connectivity index (χ2n) is 8.42. The number of carbonyl (C=O) groups excluding carboxylic acids is 1. The minimum absolute atomic E-state index is 0. The molecule has 1 aliphatic heterocycles. The van der Waals surface area contributed by atoms with E-state index in [0.29, 0.717) is 13.2 Å². The molecular weight excluding hydrogens is 496 g/mol. The zero-order chi connectivity index (χ0) is 24.6. The Hall–Kier alpha value is -2.71. The standard InChI is InChI=1S/C28H32N2O4S.ClH/c1-21(32)30-25-11-6-7-12-27(25)35-28(30)24-19-23(33-2)13-14-26(24)34-18-8-15-29(16-17-31)20-22-9-4-3-5-10-22;/h3-7,9-14,19,28,31H,8,15-18,20H2,1-2H3;1H. The fraction of sp³-hybridized carbons (Fsp3) is 0.321. The molecule has 1 N–H and O–H groups in total. The molecule has 3 aromatic rings.